The van der Waals surface area contributed by atoms with Crippen LogP contribution in [-0.4, -0.2) is 31.8 Å². The van der Waals surface area contributed by atoms with E-state index in [4.69, 9.17) is 4.74 Å². The van der Waals surface area contributed by atoms with Gasteiger partial charge in [0.05, 0.1) is 19.6 Å². The minimum absolute atomic E-state index is 0.401. The van der Waals surface area contributed by atoms with Crippen molar-refractivity contribution in [2.45, 2.75) is 25.6 Å². The zero-order valence-corrected chi connectivity index (χ0v) is 12.1. The largest absolute Gasteiger partial charge is 0.497 e. The van der Waals surface area contributed by atoms with Gasteiger partial charge in [-0.3, -0.25) is 9.59 Å². The lowest BCUT2D eigenvalue weighted by molar-refractivity contribution is -0.186. The molecule has 22 heavy (non-hydrogen) atoms. The summed E-state index contributed by atoms with van der Waals surface area (Å²) in [4.78, 5) is 22.7. The van der Waals surface area contributed by atoms with E-state index in [0.717, 1.165) is 0 Å². The molecule has 0 aliphatic carbocycles. The summed E-state index contributed by atoms with van der Waals surface area (Å²) in [7, 11) is 1.48. The molecule has 1 aromatic rings. The predicted octanol–water partition coefficient (Wildman–Crippen LogP) is 2.37. The Bertz CT molecular complexity index is 514. The average molecular weight is 319 g/mol. The summed E-state index contributed by atoms with van der Waals surface area (Å²) in [5.74, 6) is -0.888. The van der Waals surface area contributed by atoms with Gasteiger partial charge in [0.25, 0.3) is 0 Å². The molecule has 0 saturated heterocycles. The zero-order valence-electron chi connectivity index (χ0n) is 12.1. The molecule has 0 aliphatic rings. The number of carbonyl (C=O) groups excluding carboxylic acids is 2. The number of hydrogen-bond acceptors (Lipinski definition) is 4. The molecule has 1 amide bonds. The summed E-state index contributed by atoms with van der Waals surface area (Å²) in [6.45, 7) is -0.404. The highest BCUT2D eigenvalue weighted by Crippen LogP contribution is 2.22. The van der Waals surface area contributed by atoms with Crippen molar-refractivity contribution in [3.63, 3.8) is 0 Å². The van der Waals surface area contributed by atoms with E-state index in [0.29, 0.717) is 11.3 Å². The highest BCUT2D eigenvalue weighted by Gasteiger charge is 2.30. The standard InChI is InChI=1S/C14H16F3NO4/c1-9(19)18-12(7-13(20)22-8-14(15,16)17)10-3-5-11(21-2)6-4-10/h3-6,12H,7-8H2,1-2H3,(H,18,19). The average Bonchev–Trinajstić information content (AvgIpc) is 2.43. The monoisotopic (exact) mass is 319 g/mol. The Kier molecular flexibility index (Phi) is 6.21. The molecule has 0 aliphatic heterocycles. The van der Waals surface area contributed by atoms with Gasteiger partial charge in [0, 0.05) is 6.92 Å². The number of amides is 1. The van der Waals surface area contributed by atoms with Crippen molar-refractivity contribution in [3.8, 4) is 5.75 Å². The van der Waals surface area contributed by atoms with Crippen LogP contribution in [0, 0.1) is 0 Å². The lowest BCUT2D eigenvalue weighted by atomic mass is 10.0. The molecule has 8 heteroatoms. The number of nitrogens with one attached hydrogen (secondary N) is 1. The number of carbonyl (C=O) groups is 2. The van der Waals surface area contributed by atoms with E-state index in [2.05, 4.69) is 10.1 Å². The third kappa shape index (κ3) is 6.47. The molecule has 1 aromatic carbocycles. The van der Waals surface area contributed by atoms with Gasteiger partial charge >= 0.3 is 12.1 Å². The van der Waals surface area contributed by atoms with Crippen molar-refractivity contribution in [2.75, 3.05) is 13.7 Å². The van der Waals surface area contributed by atoms with Crippen LogP contribution in [0.15, 0.2) is 24.3 Å². The van der Waals surface area contributed by atoms with E-state index in [1.165, 1.54) is 14.0 Å². The summed E-state index contributed by atoms with van der Waals surface area (Å²) >= 11 is 0. The van der Waals surface area contributed by atoms with Crippen LogP contribution in [0.5, 0.6) is 5.75 Å². The van der Waals surface area contributed by atoms with Crippen LogP contribution in [0.1, 0.15) is 24.9 Å². The molecule has 0 radical (unpaired) electrons. The molecule has 5 nitrogen and oxygen atoms in total. The number of alkyl halides is 3. The summed E-state index contributed by atoms with van der Waals surface area (Å²) in [5, 5.41) is 2.50. The number of halogens is 3. The molecule has 122 valence electrons. The maximum Gasteiger partial charge on any atom is 0.422 e. The van der Waals surface area contributed by atoms with Crippen LogP contribution in [0.4, 0.5) is 13.2 Å². The fourth-order valence-corrected chi connectivity index (χ4v) is 1.72. The fraction of sp³-hybridized carbons (Fsp3) is 0.429. The number of hydrogen-bond donors (Lipinski definition) is 1. The van der Waals surface area contributed by atoms with E-state index in [1.807, 2.05) is 0 Å². The number of methoxy groups -OCH3 is 1. The Morgan fingerprint density at radius 2 is 1.82 bits per heavy atom. The normalized spacial score (nSPS) is 12.4. The van der Waals surface area contributed by atoms with Crippen LogP contribution >= 0.6 is 0 Å². The van der Waals surface area contributed by atoms with Crippen molar-refractivity contribution in [1.29, 1.82) is 0 Å². The highest BCUT2D eigenvalue weighted by molar-refractivity contribution is 5.76. The van der Waals surface area contributed by atoms with Crippen LogP contribution in [0.2, 0.25) is 0 Å². The Morgan fingerprint density at radius 1 is 1.23 bits per heavy atom. The first-order valence-corrected chi connectivity index (χ1v) is 6.34. The van der Waals surface area contributed by atoms with Crippen molar-refractivity contribution < 1.29 is 32.2 Å². The molecule has 1 unspecified atom stereocenters. The van der Waals surface area contributed by atoms with Gasteiger partial charge in [0.2, 0.25) is 5.91 Å². The summed E-state index contributed by atoms with van der Waals surface area (Å²) in [6.07, 6.45) is -4.98. The molecule has 1 atom stereocenters. The van der Waals surface area contributed by atoms with Crippen molar-refractivity contribution in [3.05, 3.63) is 29.8 Å². The topological polar surface area (TPSA) is 64.6 Å². The Hall–Kier alpha value is -2.25. The van der Waals surface area contributed by atoms with Gasteiger partial charge in [0.1, 0.15) is 5.75 Å². The van der Waals surface area contributed by atoms with Gasteiger partial charge < -0.3 is 14.8 Å². The first-order chi connectivity index (χ1) is 10.2. The van der Waals surface area contributed by atoms with Crippen molar-refractivity contribution in [2.24, 2.45) is 0 Å². The van der Waals surface area contributed by atoms with Gasteiger partial charge in [-0.15, -0.1) is 0 Å². The van der Waals surface area contributed by atoms with Crippen molar-refractivity contribution in [1.82, 2.24) is 5.32 Å². The zero-order chi connectivity index (χ0) is 16.8. The summed E-state index contributed by atoms with van der Waals surface area (Å²) in [6, 6.07) is 5.67. The fourth-order valence-electron chi connectivity index (χ4n) is 1.72. The smallest absolute Gasteiger partial charge is 0.422 e. The van der Waals surface area contributed by atoms with E-state index >= 15 is 0 Å². The third-order valence-corrected chi connectivity index (χ3v) is 2.66. The Morgan fingerprint density at radius 3 is 2.27 bits per heavy atom. The second-order valence-corrected chi connectivity index (χ2v) is 4.51. The van der Waals surface area contributed by atoms with E-state index in [9.17, 15) is 22.8 Å². The van der Waals surface area contributed by atoms with Crippen LogP contribution in [0.25, 0.3) is 0 Å². The van der Waals surface area contributed by atoms with E-state index < -0.39 is 37.1 Å². The first kappa shape index (κ1) is 17.8. The van der Waals surface area contributed by atoms with Gasteiger partial charge in [-0.1, -0.05) is 12.1 Å². The van der Waals surface area contributed by atoms with Gasteiger partial charge in [-0.05, 0) is 17.7 Å². The molecule has 0 saturated carbocycles. The Labute approximate surface area is 125 Å². The second kappa shape index (κ2) is 7.67. The number of rotatable bonds is 6. The summed E-state index contributed by atoms with van der Waals surface area (Å²) < 4.78 is 45.2. The minimum Gasteiger partial charge on any atom is -0.497 e. The Balaban J connectivity index is 2.75. The van der Waals surface area contributed by atoms with E-state index in [1.54, 1.807) is 24.3 Å². The molecule has 1 N–H and O–H groups in total. The quantitative estimate of drug-likeness (QED) is 0.818. The van der Waals surface area contributed by atoms with Gasteiger partial charge in [-0.25, -0.2) is 0 Å². The third-order valence-electron chi connectivity index (χ3n) is 2.66. The summed E-state index contributed by atoms with van der Waals surface area (Å²) in [5.41, 5.74) is 0.556. The SMILES string of the molecule is COc1ccc(C(CC(=O)OCC(F)(F)F)NC(C)=O)cc1. The lowest BCUT2D eigenvalue weighted by Crippen LogP contribution is -2.29. The highest BCUT2D eigenvalue weighted by atomic mass is 19.4. The molecule has 0 heterocycles. The number of esters is 1. The first-order valence-electron chi connectivity index (χ1n) is 6.34. The van der Waals surface area contributed by atoms with Gasteiger partial charge in [-0.2, -0.15) is 13.2 Å². The molecular formula is C14H16F3NO4. The van der Waals surface area contributed by atoms with Crippen LogP contribution < -0.4 is 10.1 Å². The molecular weight excluding hydrogens is 303 g/mol. The van der Waals surface area contributed by atoms with Gasteiger partial charge in [0.15, 0.2) is 6.61 Å². The second-order valence-electron chi connectivity index (χ2n) is 4.51. The van der Waals surface area contributed by atoms with Crippen LogP contribution in [0.3, 0.4) is 0 Å². The molecule has 0 fully saturated rings. The molecule has 0 bridgehead atoms. The number of ether oxygens (including phenoxy) is 2. The molecule has 1 rings (SSSR count). The lowest BCUT2D eigenvalue weighted by Gasteiger charge is -2.18. The number of benzene rings is 1. The maximum atomic E-state index is 12.0. The maximum absolute atomic E-state index is 12.0. The molecule has 0 spiro atoms. The van der Waals surface area contributed by atoms with E-state index in [-0.39, 0.29) is 0 Å². The van der Waals surface area contributed by atoms with Crippen molar-refractivity contribution >= 4 is 11.9 Å². The molecule has 0 aromatic heterocycles. The predicted molar refractivity (Wildman–Crippen MR) is 71.2 cm³/mol. The van der Waals surface area contributed by atoms with Crippen LogP contribution in [-0.2, 0) is 14.3 Å². The minimum atomic E-state index is -4.58.